The van der Waals surface area contributed by atoms with Crippen LogP contribution in [0, 0.1) is 23.3 Å². The number of nitrogens with zero attached hydrogens (tertiary/aromatic N) is 2. The lowest BCUT2D eigenvalue weighted by Gasteiger charge is -2.32. The molecule has 11 rings (SSSR count). The first-order chi connectivity index (χ1) is 40.6. The summed E-state index contributed by atoms with van der Waals surface area (Å²) in [6, 6.07) is 26.8. The Morgan fingerprint density at radius 1 is 0.624 bits per heavy atom. The van der Waals surface area contributed by atoms with Crippen molar-refractivity contribution >= 4 is 106 Å². The molecule has 0 aliphatic carbocycles. The van der Waals surface area contributed by atoms with Gasteiger partial charge in [0.15, 0.2) is 0 Å². The van der Waals surface area contributed by atoms with Crippen molar-refractivity contribution in [3.63, 3.8) is 0 Å². The first kappa shape index (κ1) is 62.3. The largest absolute Gasteiger partial charge is 0.498 e. The van der Waals surface area contributed by atoms with Crippen molar-refractivity contribution in [2.45, 2.75) is 89.5 Å². The summed E-state index contributed by atoms with van der Waals surface area (Å²) in [6.07, 6.45) is 6.43. The Labute approximate surface area is 512 Å². The van der Waals surface area contributed by atoms with Gasteiger partial charge in [-0.05, 0) is 159 Å². The Hall–Kier alpha value is -7.24. The number of rotatable bonds is 12. The zero-order chi connectivity index (χ0) is 60.9. The molecule has 14 nitrogen and oxygen atoms in total. The number of hydrogen-bond acceptors (Lipinski definition) is 11. The van der Waals surface area contributed by atoms with Crippen molar-refractivity contribution in [3.8, 4) is 22.8 Å². The van der Waals surface area contributed by atoms with E-state index in [1.807, 2.05) is 94.6 Å². The van der Waals surface area contributed by atoms with Crippen molar-refractivity contribution in [2.24, 2.45) is 0 Å². The van der Waals surface area contributed by atoms with Crippen molar-refractivity contribution in [3.05, 3.63) is 192 Å². The highest BCUT2D eigenvalue weighted by atomic mass is 79.9. The number of hydrogen-bond donors (Lipinski definition) is 3. The number of benzene rings is 6. The Morgan fingerprint density at radius 3 is 1.64 bits per heavy atom. The molecular weight excluding hydrogens is 1300 g/mol. The first-order valence-corrected chi connectivity index (χ1v) is 29.4. The monoisotopic (exact) mass is 1350 g/mol. The molecule has 2 amide bonds. The zero-order valence-electron chi connectivity index (χ0n) is 46.6. The number of methoxy groups -OCH3 is 1. The molecule has 85 heavy (non-hydrogen) atoms. The summed E-state index contributed by atoms with van der Waals surface area (Å²) in [4.78, 5) is 58.6. The van der Waals surface area contributed by atoms with E-state index in [1.165, 1.54) is 12.5 Å². The Kier molecular flexibility index (Phi) is 19.5. The molecular formula is C63H56BBr3F4N4O10. The van der Waals surface area contributed by atoms with E-state index < -0.39 is 88.6 Å². The van der Waals surface area contributed by atoms with Crippen LogP contribution in [0.2, 0.25) is 0 Å². The van der Waals surface area contributed by atoms with E-state index in [-0.39, 0.29) is 12.8 Å². The maximum Gasteiger partial charge on any atom is 0.498 e. The average molecular weight is 1360 g/mol. The van der Waals surface area contributed by atoms with Gasteiger partial charge in [0.25, 0.3) is 11.8 Å². The number of halogens is 7. The molecule has 22 heteroatoms. The fraction of sp³-hybridized carbons (Fsp3) is 0.270. The molecule has 3 aliphatic rings. The molecule has 3 aliphatic heterocycles. The molecule has 440 valence electrons. The van der Waals surface area contributed by atoms with Crippen LogP contribution in [0.5, 0.6) is 11.5 Å². The highest BCUT2D eigenvalue weighted by Crippen LogP contribution is 2.43. The third-order valence-electron chi connectivity index (χ3n) is 15.2. The molecule has 0 bridgehead atoms. The van der Waals surface area contributed by atoms with E-state index in [9.17, 15) is 41.8 Å². The highest BCUT2D eigenvalue weighted by molar-refractivity contribution is 9.13. The van der Waals surface area contributed by atoms with Gasteiger partial charge in [0.05, 0.1) is 46.2 Å². The number of carbonyl (C=O) groups excluding carboxylic acids is 3. The number of carbonyl (C=O) groups is 4. The minimum absolute atomic E-state index is 0.0455. The second kappa shape index (κ2) is 26.6. The van der Waals surface area contributed by atoms with Crippen molar-refractivity contribution < 1.29 is 65.4 Å². The Bertz CT molecular complexity index is 3840. The fourth-order valence-corrected chi connectivity index (χ4v) is 11.6. The fourth-order valence-electron chi connectivity index (χ4n) is 10.1. The highest BCUT2D eigenvalue weighted by Gasteiger charge is 2.53. The van der Waals surface area contributed by atoms with Gasteiger partial charge >= 0.3 is 19.1 Å². The number of esters is 1. The Balaban J connectivity index is 0.000000170. The average Bonchev–Trinajstić information content (AvgIpc) is 1.98. The molecule has 8 aromatic rings. The maximum absolute atomic E-state index is 14.1. The quantitative estimate of drug-likeness (QED) is 0.0456. The molecule has 2 atom stereocenters. The first-order valence-electron chi connectivity index (χ1n) is 27.0. The number of aromatic nitrogens is 2. The van der Waals surface area contributed by atoms with Gasteiger partial charge in [-0.3, -0.25) is 14.6 Å². The molecule has 1 fully saturated rings. The molecule has 0 spiro atoms. The van der Waals surface area contributed by atoms with E-state index in [4.69, 9.17) is 23.5 Å². The lowest BCUT2D eigenvalue weighted by atomic mass is 9.75. The van der Waals surface area contributed by atoms with Gasteiger partial charge in [-0.15, -0.1) is 0 Å². The number of ether oxygens (including phenoxy) is 3. The summed E-state index contributed by atoms with van der Waals surface area (Å²) >= 11 is 10.5. The van der Waals surface area contributed by atoms with Gasteiger partial charge in [0.2, 0.25) is 0 Å². The van der Waals surface area contributed by atoms with Crippen LogP contribution in [0.25, 0.3) is 32.8 Å². The number of amides is 2. The van der Waals surface area contributed by atoms with Gasteiger partial charge in [-0.1, -0.05) is 78.9 Å². The van der Waals surface area contributed by atoms with Crippen LogP contribution in [0.4, 0.5) is 17.6 Å². The van der Waals surface area contributed by atoms with E-state index >= 15 is 0 Å². The molecule has 5 heterocycles. The predicted molar refractivity (Wildman–Crippen MR) is 324 cm³/mol. The molecule has 3 N–H and O–H groups in total. The number of nitrogens with one attached hydrogen (secondary N) is 2. The van der Waals surface area contributed by atoms with Crippen molar-refractivity contribution in [1.29, 1.82) is 0 Å². The third-order valence-corrected chi connectivity index (χ3v) is 17.9. The summed E-state index contributed by atoms with van der Waals surface area (Å²) in [6.45, 7) is 8.90. The summed E-state index contributed by atoms with van der Waals surface area (Å²) in [5, 5.41) is 18.8. The van der Waals surface area contributed by atoms with Crippen LogP contribution in [0.15, 0.2) is 135 Å². The van der Waals surface area contributed by atoms with Crippen LogP contribution in [-0.2, 0) is 49.3 Å². The normalized spacial score (nSPS) is 15.3. The summed E-state index contributed by atoms with van der Waals surface area (Å²) in [5.74, 6) is -7.15. The number of aliphatic carboxylic acids is 1. The molecule has 6 aromatic carbocycles. The lowest BCUT2D eigenvalue weighted by Crippen LogP contribution is -2.44. The lowest BCUT2D eigenvalue weighted by molar-refractivity contribution is -0.143. The van der Waals surface area contributed by atoms with Crippen molar-refractivity contribution in [2.75, 3.05) is 20.3 Å². The molecule has 1 saturated heterocycles. The van der Waals surface area contributed by atoms with Crippen LogP contribution in [0.1, 0.15) is 83.5 Å². The molecule has 0 radical (unpaired) electrons. The van der Waals surface area contributed by atoms with E-state index in [0.717, 1.165) is 107 Å². The minimum Gasteiger partial charge on any atom is -0.494 e. The van der Waals surface area contributed by atoms with E-state index in [2.05, 4.69) is 74.5 Å². The molecule has 0 saturated carbocycles. The van der Waals surface area contributed by atoms with Gasteiger partial charge in [0.1, 0.15) is 62.6 Å². The van der Waals surface area contributed by atoms with Gasteiger partial charge in [0, 0.05) is 52.4 Å². The standard InChI is InChI=1S/C28H21BrF2N2O4.C26H30BF2NO6.C9H5Br2N/c29-24-17-6-2-1-5-16(17)14-32-25(24)19-11-10-15(18-7-4-12-37-26(18)19)13-22(28(35)36)33-27(34)23-20(30)8-3-9-21(23)31;1-25(2)26(3,4)36-27(35-25)17-12-11-15(16-8-7-13-34-22(16)17)14-20(24(32)33-5)30-23(31)21-18(28)9-6-10-19(21)29;10-8-7-4-2-1-3-6(7)5-12-9(8)11/h1-3,5-6,8-11,14,22H,4,7,12-13H2,(H,33,34)(H,35,36);6,9-12,20H,7-8,13-14H2,1-5H3,(H,30,31);1-5H/t22-;20-;/m00./s1. The number of fused-ring (bicyclic) bond motifs is 4. The minimum atomic E-state index is -1.41. The maximum atomic E-state index is 14.1. The van der Waals surface area contributed by atoms with Gasteiger partial charge in [-0.2, -0.15) is 0 Å². The van der Waals surface area contributed by atoms with Crippen LogP contribution in [-0.4, -0.2) is 89.6 Å². The SMILES string of the molecule is Brc1ncc2ccccc2c1Br.COC(=O)[C@H](Cc1ccc(B2OC(C)(C)C(C)(C)O2)c2c1CCCO2)NC(=O)c1c(F)cccc1F.O=C(N[C@@H](Cc1ccc(-c2ncc3ccccc3c2Br)c2c1CCCO2)C(=O)O)c1c(F)cccc1F. The topological polar surface area (TPSA) is 184 Å². The summed E-state index contributed by atoms with van der Waals surface area (Å²) in [5.41, 5.74) is 2.68. The number of carboxylic acid groups (broad SMARTS) is 1. The van der Waals surface area contributed by atoms with Crippen LogP contribution >= 0.6 is 47.8 Å². The summed E-state index contributed by atoms with van der Waals surface area (Å²) in [7, 11) is 0.557. The number of pyridine rings is 2. The van der Waals surface area contributed by atoms with Crippen molar-refractivity contribution in [1.82, 2.24) is 20.6 Å². The van der Waals surface area contributed by atoms with E-state index in [1.54, 1.807) is 12.3 Å². The number of carboxylic acids is 1. The smallest absolute Gasteiger partial charge is 0.494 e. The zero-order valence-corrected chi connectivity index (χ0v) is 51.4. The van der Waals surface area contributed by atoms with Crippen LogP contribution < -0.4 is 25.6 Å². The predicted octanol–water partition coefficient (Wildman–Crippen LogP) is 12.6. The summed E-state index contributed by atoms with van der Waals surface area (Å²) < 4.78 is 88.4. The second-order valence-corrected chi connectivity index (χ2v) is 23.5. The molecule has 2 aromatic heterocycles. The van der Waals surface area contributed by atoms with Crippen LogP contribution in [0.3, 0.4) is 0 Å². The third kappa shape index (κ3) is 13.6. The second-order valence-electron chi connectivity index (χ2n) is 21.2. The molecule has 0 unspecified atom stereocenters. The van der Waals surface area contributed by atoms with Gasteiger partial charge in [-0.25, -0.2) is 32.1 Å². The van der Waals surface area contributed by atoms with E-state index in [0.29, 0.717) is 48.8 Å². The Morgan fingerprint density at radius 2 is 1.09 bits per heavy atom. The van der Waals surface area contributed by atoms with Gasteiger partial charge < -0.3 is 39.3 Å².